The molecule has 2 aromatic carbocycles. The number of halogens is 2. The van der Waals surface area contributed by atoms with Crippen molar-refractivity contribution in [2.75, 3.05) is 7.11 Å². The molecular formula is C17H17F2NO3. The first-order valence-corrected chi connectivity index (χ1v) is 6.92. The lowest BCUT2D eigenvalue weighted by Crippen LogP contribution is -2.03. The highest BCUT2D eigenvalue weighted by molar-refractivity contribution is 5.80. The van der Waals surface area contributed by atoms with Crippen LogP contribution in [0, 0.1) is 6.92 Å². The first-order chi connectivity index (χ1) is 11.1. The zero-order chi connectivity index (χ0) is 16.7. The Hall–Kier alpha value is -2.63. The molecule has 0 atom stereocenters. The minimum atomic E-state index is -2.90. The molecule has 0 aromatic heterocycles. The summed E-state index contributed by atoms with van der Waals surface area (Å²) < 4.78 is 33.9. The second-order valence-corrected chi connectivity index (χ2v) is 4.78. The predicted molar refractivity (Wildman–Crippen MR) is 83.2 cm³/mol. The lowest BCUT2D eigenvalue weighted by molar-refractivity contribution is -0.0512. The lowest BCUT2D eigenvalue weighted by Gasteiger charge is -2.09. The summed E-state index contributed by atoms with van der Waals surface area (Å²) in [5.41, 5.74) is 2.83. The van der Waals surface area contributed by atoms with Crippen LogP contribution in [0.4, 0.5) is 8.78 Å². The highest BCUT2D eigenvalue weighted by Gasteiger charge is 2.10. The number of alkyl halides is 2. The van der Waals surface area contributed by atoms with Gasteiger partial charge in [0.15, 0.2) is 11.5 Å². The van der Waals surface area contributed by atoms with Gasteiger partial charge in [0.1, 0.15) is 6.61 Å². The first-order valence-electron chi connectivity index (χ1n) is 6.92. The van der Waals surface area contributed by atoms with E-state index in [-0.39, 0.29) is 11.5 Å². The van der Waals surface area contributed by atoms with Crippen molar-refractivity contribution in [3.63, 3.8) is 0 Å². The van der Waals surface area contributed by atoms with Gasteiger partial charge >= 0.3 is 6.61 Å². The van der Waals surface area contributed by atoms with E-state index in [2.05, 4.69) is 9.89 Å². The second-order valence-electron chi connectivity index (χ2n) is 4.78. The van der Waals surface area contributed by atoms with Gasteiger partial charge in [0.05, 0.1) is 13.3 Å². The van der Waals surface area contributed by atoms with Crippen molar-refractivity contribution in [2.24, 2.45) is 5.16 Å². The molecule has 4 nitrogen and oxygen atoms in total. The summed E-state index contributed by atoms with van der Waals surface area (Å²) in [5, 5.41) is 3.86. The van der Waals surface area contributed by atoms with Crippen LogP contribution in [0.5, 0.6) is 11.5 Å². The molecule has 0 radical (unpaired) electrons. The number of benzene rings is 2. The van der Waals surface area contributed by atoms with Crippen LogP contribution >= 0.6 is 0 Å². The van der Waals surface area contributed by atoms with Crippen molar-refractivity contribution < 1.29 is 23.1 Å². The van der Waals surface area contributed by atoms with Crippen molar-refractivity contribution in [3.05, 3.63) is 59.2 Å². The Balaban J connectivity index is 1.95. The maximum atomic E-state index is 12.2. The van der Waals surface area contributed by atoms with Gasteiger partial charge in [-0.1, -0.05) is 35.0 Å². The Morgan fingerprint density at radius 2 is 1.83 bits per heavy atom. The average Bonchev–Trinajstić information content (AvgIpc) is 2.54. The standard InChI is InChI=1S/C17H17F2NO3/c1-12-3-5-13(6-4-12)11-22-20-10-14-7-8-15(23-17(18)19)16(9-14)21-2/h3-10,17H,11H2,1-2H3/b20-10+. The Morgan fingerprint density at radius 1 is 1.09 bits per heavy atom. The van der Waals surface area contributed by atoms with Crippen LogP contribution in [0.25, 0.3) is 0 Å². The van der Waals surface area contributed by atoms with Gasteiger partial charge in [0.25, 0.3) is 0 Å². The van der Waals surface area contributed by atoms with Crippen molar-refractivity contribution in [1.29, 1.82) is 0 Å². The fourth-order valence-electron chi connectivity index (χ4n) is 1.85. The molecule has 0 fully saturated rings. The Bertz CT molecular complexity index is 657. The summed E-state index contributed by atoms with van der Waals surface area (Å²) >= 11 is 0. The molecule has 0 aliphatic heterocycles. The molecule has 0 aliphatic carbocycles. The largest absolute Gasteiger partial charge is 0.493 e. The van der Waals surface area contributed by atoms with Crippen molar-refractivity contribution in [1.82, 2.24) is 0 Å². The molecule has 0 saturated carbocycles. The molecule has 23 heavy (non-hydrogen) atoms. The molecule has 0 aliphatic rings. The van der Waals surface area contributed by atoms with Crippen LogP contribution in [-0.4, -0.2) is 19.9 Å². The number of rotatable bonds is 7. The van der Waals surface area contributed by atoms with Gasteiger partial charge in [0, 0.05) is 5.56 Å². The Kier molecular flexibility index (Phi) is 5.91. The SMILES string of the molecule is COc1cc(/C=N/OCc2ccc(C)cc2)ccc1OC(F)F. The molecule has 0 spiro atoms. The molecule has 0 amide bonds. The van der Waals surface area contributed by atoms with E-state index < -0.39 is 6.61 Å². The molecule has 0 N–H and O–H groups in total. The van der Waals surface area contributed by atoms with E-state index in [0.717, 1.165) is 5.56 Å². The Morgan fingerprint density at radius 3 is 2.48 bits per heavy atom. The number of aryl methyl sites for hydroxylation is 1. The topological polar surface area (TPSA) is 40.0 Å². The zero-order valence-corrected chi connectivity index (χ0v) is 12.8. The van der Waals surface area contributed by atoms with Gasteiger partial charge in [-0.25, -0.2) is 0 Å². The molecule has 6 heteroatoms. The Labute approximate surface area is 133 Å². The fraction of sp³-hybridized carbons (Fsp3) is 0.235. The third-order valence-corrected chi connectivity index (χ3v) is 3.03. The summed E-state index contributed by atoms with van der Waals surface area (Å²) in [6.45, 7) is -0.542. The molecule has 0 heterocycles. The molecule has 0 unspecified atom stereocenters. The van der Waals surface area contributed by atoms with Gasteiger partial charge in [-0.2, -0.15) is 8.78 Å². The van der Waals surface area contributed by atoms with Crippen LogP contribution < -0.4 is 9.47 Å². The molecule has 2 aromatic rings. The van der Waals surface area contributed by atoms with Crippen molar-refractivity contribution in [3.8, 4) is 11.5 Å². The fourth-order valence-corrected chi connectivity index (χ4v) is 1.85. The van der Waals surface area contributed by atoms with Gasteiger partial charge in [-0.05, 0) is 30.7 Å². The number of hydrogen-bond acceptors (Lipinski definition) is 4. The van der Waals surface area contributed by atoms with E-state index in [4.69, 9.17) is 9.57 Å². The van der Waals surface area contributed by atoms with Crippen LogP contribution in [0.2, 0.25) is 0 Å². The lowest BCUT2D eigenvalue weighted by atomic mass is 10.2. The molecule has 0 saturated heterocycles. The van der Waals surface area contributed by atoms with Crippen molar-refractivity contribution >= 4 is 6.21 Å². The van der Waals surface area contributed by atoms with Gasteiger partial charge in [-0.15, -0.1) is 0 Å². The quantitative estimate of drug-likeness (QED) is 0.568. The summed E-state index contributed by atoms with van der Waals surface area (Å²) in [7, 11) is 1.38. The maximum Gasteiger partial charge on any atom is 0.387 e. The van der Waals surface area contributed by atoms with Gasteiger partial charge in [-0.3, -0.25) is 0 Å². The molecular weight excluding hydrogens is 304 g/mol. The molecule has 122 valence electrons. The highest BCUT2D eigenvalue weighted by atomic mass is 19.3. The monoisotopic (exact) mass is 321 g/mol. The number of methoxy groups -OCH3 is 1. The molecule has 0 bridgehead atoms. The van der Waals surface area contributed by atoms with E-state index >= 15 is 0 Å². The van der Waals surface area contributed by atoms with Crippen LogP contribution in [0.3, 0.4) is 0 Å². The number of oxime groups is 1. The van der Waals surface area contributed by atoms with E-state index in [9.17, 15) is 8.78 Å². The van der Waals surface area contributed by atoms with E-state index in [1.54, 1.807) is 6.07 Å². The summed E-state index contributed by atoms with van der Waals surface area (Å²) in [6.07, 6.45) is 1.48. The highest BCUT2D eigenvalue weighted by Crippen LogP contribution is 2.28. The van der Waals surface area contributed by atoms with Gasteiger partial charge < -0.3 is 14.3 Å². The van der Waals surface area contributed by atoms with E-state index in [1.807, 2.05) is 31.2 Å². The van der Waals surface area contributed by atoms with Crippen molar-refractivity contribution in [2.45, 2.75) is 20.1 Å². The smallest absolute Gasteiger partial charge is 0.387 e. The number of ether oxygens (including phenoxy) is 2. The van der Waals surface area contributed by atoms with Crippen LogP contribution in [0.1, 0.15) is 16.7 Å². The third-order valence-electron chi connectivity index (χ3n) is 3.03. The van der Waals surface area contributed by atoms with Crippen LogP contribution in [0.15, 0.2) is 47.6 Å². The zero-order valence-electron chi connectivity index (χ0n) is 12.8. The van der Waals surface area contributed by atoms with Crippen LogP contribution in [-0.2, 0) is 11.4 Å². The van der Waals surface area contributed by atoms with E-state index in [1.165, 1.54) is 31.0 Å². The molecule has 2 rings (SSSR count). The summed E-state index contributed by atoms with van der Waals surface area (Å²) in [5.74, 6) is 0.174. The summed E-state index contributed by atoms with van der Waals surface area (Å²) in [4.78, 5) is 5.21. The number of hydrogen-bond donors (Lipinski definition) is 0. The number of nitrogens with zero attached hydrogens (tertiary/aromatic N) is 1. The minimum absolute atomic E-state index is 0.0276. The second kappa shape index (κ2) is 8.12. The predicted octanol–water partition coefficient (Wildman–Crippen LogP) is 4.16. The maximum absolute atomic E-state index is 12.2. The third kappa shape index (κ3) is 5.25. The minimum Gasteiger partial charge on any atom is -0.493 e. The average molecular weight is 321 g/mol. The normalized spacial score (nSPS) is 11.0. The summed E-state index contributed by atoms with van der Waals surface area (Å²) in [6, 6.07) is 12.4. The van der Waals surface area contributed by atoms with Gasteiger partial charge in [0.2, 0.25) is 0 Å². The first kappa shape index (κ1) is 16.7. The van der Waals surface area contributed by atoms with E-state index in [0.29, 0.717) is 12.2 Å².